The van der Waals surface area contributed by atoms with Crippen LogP contribution in [0.25, 0.3) is 0 Å². The van der Waals surface area contributed by atoms with Gasteiger partial charge in [0.1, 0.15) is 17.3 Å². The molecule has 1 aliphatic rings. The summed E-state index contributed by atoms with van der Waals surface area (Å²) in [7, 11) is 0. The molecule has 1 saturated carbocycles. The summed E-state index contributed by atoms with van der Waals surface area (Å²) in [6.07, 6.45) is -2.13. The van der Waals surface area contributed by atoms with Crippen LogP contribution in [-0.4, -0.2) is 24.5 Å². The number of nitrogens with two attached hydrogens (primary N) is 1. The number of alkyl halides is 3. The molecule has 42 heavy (non-hydrogen) atoms. The fourth-order valence-corrected chi connectivity index (χ4v) is 4.16. The number of hydrogen-bond acceptors (Lipinski definition) is 5. The van der Waals surface area contributed by atoms with Crippen molar-refractivity contribution in [1.82, 2.24) is 5.32 Å². The number of nitrogens with zero attached hydrogens (tertiary/aromatic N) is 1. The summed E-state index contributed by atoms with van der Waals surface area (Å²) in [4.78, 5) is 13.3. The summed E-state index contributed by atoms with van der Waals surface area (Å²) in [6, 6.07) is 18.6. The lowest BCUT2D eigenvalue weighted by Crippen LogP contribution is -2.25. The summed E-state index contributed by atoms with van der Waals surface area (Å²) in [5, 5.41) is 25.4. The Hall–Kier alpha value is -4.95. The molecule has 3 aromatic rings. The average molecular weight is 577 g/mol. The van der Waals surface area contributed by atoms with E-state index in [0.29, 0.717) is 29.7 Å². The number of amides is 1. The summed E-state index contributed by atoms with van der Waals surface area (Å²) in [5.74, 6) is -1.63. The monoisotopic (exact) mass is 576 g/mol. The number of anilines is 2. The van der Waals surface area contributed by atoms with E-state index in [1.807, 2.05) is 6.07 Å². The van der Waals surface area contributed by atoms with E-state index >= 15 is 0 Å². The molecular weight excluding hydrogens is 548 g/mol. The van der Waals surface area contributed by atoms with Crippen LogP contribution in [0, 0.1) is 28.5 Å². The zero-order valence-electron chi connectivity index (χ0n) is 22.4. The van der Waals surface area contributed by atoms with Crippen molar-refractivity contribution >= 4 is 23.1 Å². The number of rotatable bonds is 11. The van der Waals surface area contributed by atoms with Gasteiger partial charge in [0.15, 0.2) is 0 Å². The Bertz CT molecular complexity index is 1590. The summed E-state index contributed by atoms with van der Waals surface area (Å²) in [5.41, 5.74) is 5.61. The lowest BCUT2D eigenvalue weighted by atomic mass is 9.96. The van der Waals surface area contributed by atoms with Gasteiger partial charge >= 0.3 is 6.18 Å². The van der Waals surface area contributed by atoms with Crippen LogP contribution in [0.4, 0.5) is 28.9 Å². The highest BCUT2D eigenvalue weighted by atomic mass is 19.4. The van der Waals surface area contributed by atoms with Crippen LogP contribution in [0.15, 0.2) is 90.7 Å². The first-order valence-electron chi connectivity index (χ1n) is 13.0. The maximum atomic E-state index is 15.0. The molecule has 0 aliphatic heterocycles. The first-order valence-corrected chi connectivity index (χ1v) is 13.0. The molecule has 0 aromatic heterocycles. The van der Waals surface area contributed by atoms with E-state index in [1.165, 1.54) is 30.3 Å². The van der Waals surface area contributed by atoms with Gasteiger partial charge in [0.2, 0.25) is 0 Å². The molecule has 11 heteroatoms. The van der Waals surface area contributed by atoms with Gasteiger partial charge in [0, 0.05) is 11.3 Å². The van der Waals surface area contributed by atoms with Gasteiger partial charge in [-0.3, -0.25) is 10.2 Å². The predicted octanol–water partition coefficient (Wildman–Crippen LogP) is 6.12. The van der Waals surface area contributed by atoms with Gasteiger partial charge in [-0.05, 0) is 78.9 Å². The fraction of sp³-hybridized carbons (Fsp3) is 0.194. The average Bonchev–Trinajstić information content (AvgIpc) is 3.78. The highest BCUT2D eigenvalue weighted by Gasteiger charge is 2.31. The molecule has 1 atom stereocenters. The second kappa shape index (κ2) is 12.7. The van der Waals surface area contributed by atoms with E-state index in [-0.39, 0.29) is 22.8 Å². The molecule has 0 heterocycles. The van der Waals surface area contributed by atoms with Crippen LogP contribution in [-0.2, 0) is 4.79 Å². The van der Waals surface area contributed by atoms with Crippen molar-refractivity contribution in [2.75, 3.05) is 17.2 Å². The van der Waals surface area contributed by atoms with Crippen LogP contribution < -0.4 is 21.7 Å². The number of carbonyl (C=O) groups excluding carboxylic acids is 1. The molecule has 0 saturated heterocycles. The van der Waals surface area contributed by atoms with Crippen molar-refractivity contribution in [1.29, 1.82) is 10.7 Å². The van der Waals surface area contributed by atoms with Crippen LogP contribution in [0.1, 0.15) is 41.1 Å². The maximum absolute atomic E-state index is 15.0. The molecule has 6 N–H and O–H groups in total. The molecule has 3 aromatic carbocycles. The van der Waals surface area contributed by atoms with Gasteiger partial charge in [0.25, 0.3) is 5.91 Å². The Labute approximate surface area is 240 Å². The van der Waals surface area contributed by atoms with Crippen molar-refractivity contribution in [3.8, 4) is 6.07 Å². The standard InChI is InChI=1S/C31H28F4N6O/c1-18(31(33,34)35)12-27(40-24-7-3-6-23(14-24)29(37)38)30(42)41-26-15-22(10-11-25(26)32)28(39-17-19-8-9-19)21-5-2-4-20(13-21)16-36/h2-7,10-15,19,28,39-40H,1,8-9,17H2,(H3,37,38)(H,41,42)/b27-12-. The smallest absolute Gasteiger partial charge is 0.384 e. The molecule has 0 radical (unpaired) electrons. The summed E-state index contributed by atoms with van der Waals surface area (Å²) in [6.45, 7) is 3.69. The van der Waals surface area contributed by atoms with Gasteiger partial charge in [-0.15, -0.1) is 0 Å². The Balaban J connectivity index is 1.66. The zero-order valence-corrected chi connectivity index (χ0v) is 22.4. The maximum Gasteiger partial charge on any atom is 0.415 e. The Morgan fingerprint density at radius 2 is 1.81 bits per heavy atom. The molecule has 7 nitrogen and oxygen atoms in total. The molecule has 4 rings (SSSR count). The minimum Gasteiger partial charge on any atom is -0.384 e. The zero-order chi connectivity index (χ0) is 30.4. The number of carbonyl (C=O) groups is 1. The topological polar surface area (TPSA) is 127 Å². The van der Waals surface area contributed by atoms with E-state index in [0.717, 1.165) is 24.5 Å². The fourth-order valence-electron chi connectivity index (χ4n) is 4.16. The van der Waals surface area contributed by atoms with Crippen molar-refractivity contribution < 1.29 is 22.4 Å². The van der Waals surface area contributed by atoms with Gasteiger partial charge in [0.05, 0.1) is 28.9 Å². The largest absolute Gasteiger partial charge is 0.415 e. The second-order valence-corrected chi connectivity index (χ2v) is 9.92. The lowest BCUT2D eigenvalue weighted by Gasteiger charge is -2.21. The van der Waals surface area contributed by atoms with Crippen LogP contribution in [0.3, 0.4) is 0 Å². The molecule has 1 unspecified atom stereocenters. The second-order valence-electron chi connectivity index (χ2n) is 9.92. The number of amidine groups is 1. The Morgan fingerprint density at radius 3 is 2.48 bits per heavy atom. The van der Waals surface area contributed by atoms with Crippen LogP contribution >= 0.6 is 0 Å². The number of halogens is 4. The highest BCUT2D eigenvalue weighted by molar-refractivity contribution is 6.06. The minimum atomic E-state index is -4.82. The quantitative estimate of drug-likeness (QED) is 0.0618. The Kier molecular flexibility index (Phi) is 9.08. The van der Waals surface area contributed by atoms with Gasteiger partial charge < -0.3 is 21.7 Å². The van der Waals surface area contributed by atoms with Crippen molar-refractivity contribution in [3.63, 3.8) is 0 Å². The summed E-state index contributed by atoms with van der Waals surface area (Å²) < 4.78 is 55.0. The first kappa shape index (κ1) is 30.0. The van der Waals surface area contributed by atoms with Gasteiger partial charge in [-0.1, -0.05) is 36.9 Å². The first-order chi connectivity index (χ1) is 19.9. The van der Waals surface area contributed by atoms with E-state index < -0.39 is 35.2 Å². The predicted molar refractivity (Wildman–Crippen MR) is 153 cm³/mol. The van der Waals surface area contributed by atoms with Crippen molar-refractivity contribution in [3.05, 3.63) is 119 Å². The van der Waals surface area contributed by atoms with Gasteiger partial charge in [-0.2, -0.15) is 18.4 Å². The molecule has 1 aliphatic carbocycles. The lowest BCUT2D eigenvalue weighted by molar-refractivity contribution is -0.112. The SMILES string of the molecule is C=C(/C=C(\Nc1cccc(C(=N)N)c1)C(=O)Nc1cc(C(NCC2CC2)c2cccc(C#N)c2)ccc1F)C(F)(F)F. The number of benzene rings is 3. The molecule has 216 valence electrons. The van der Waals surface area contributed by atoms with E-state index in [1.54, 1.807) is 24.3 Å². The van der Waals surface area contributed by atoms with Gasteiger partial charge in [-0.25, -0.2) is 4.39 Å². The molecule has 1 amide bonds. The van der Waals surface area contributed by atoms with Crippen LogP contribution in [0.2, 0.25) is 0 Å². The molecule has 1 fully saturated rings. The third-order valence-corrected chi connectivity index (χ3v) is 6.61. The third-order valence-electron chi connectivity index (χ3n) is 6.61. The minimum absolute atomic E-state index is 0.176. The van der Waals surface area contributed by atoms with E-state index in [2.05, 4.69) is 28.6 Å². The normalized spacial score (nSPS) is 14.0. The molecule has 0 spiro atoms. The number of nitrogen functional groups attached to an aromatic ring is 1. The Morgan fingerprint density at radius 1 is 1.10 bits per heavy atom. The third kappa shape index (κ3) is 7.83. The number of allylic oxidation sites excluding steroid dienone is 2. The van der Waals surface area contributed by atoms with Crippen molar-refractivity contribution in [2.45, 2.75) is 25.1 Å². The van der Waals surface area contributed by atoms with E-state index in [9.17, 15) is 27.6 Å². The number of hydrogen-bond donors (Lipinski definition) is 5. The highest BCUT2D eigenvalue weighted by Crippen LogP contribution is 2.32. The molecular formula is C31H28F4N6O. The van der Waals surface area contributed by atoms with E-state index in [4.69, 9.17) is 11.1 Å². The summed E-state index contributed by atoms with van der Waals surface area (Å²) >= 11 is 0. The molecule has 0 bridgehead atoms. The number of nitrogens with one attached hydrogen (secondary N) is 4. The number of nitriles is 1. The van der Waals surface area contributed by atoms with Crippen molar-refractivity contribution in [2.24, 2.45) is 11.7 Å². The van der Waals surface area contributed by atoms with Crippen LogP contribution in [0.5, 0.6) is 0 Å².